The van der Waals surface area contributed by atoms with Crippen LogP contribution in [-0.2, 0) is 18.3 Å². The Labute approximate surface area is 154 Å². The van der Waals surface area contributed by atoms with Crippen molar-refractivity contribution in [2.45, 2.75) is 13.3 Å². The first-order chi connectivity index (χ1) is 12.5. The average Bonchev–Trinajstić information content (AvgIpc) is 3.32. The molecule has 1 aromatic carbocycles. The highest BCUT2D eigenvalue weighted by molar-refractivity contribution is 7.13. The van der Waals surface area contributed by atoms with Gasteiger partial charge >= 0.3 is 0 Å². The van der Waals surface area contributed by atoms with Crippen LogP contribution in [-0.4, -0.2) is 33.1 Å². The highest BCUT2D eigenvalue weighted by Crippen LogP contribution is 2.31. The lowest BCUT2D eigenvalue weighted by Gasteiger charge is -2.14. The second-order valence-corrected chi connectivity index (χ2v) is 7.02. The summed E-state index contributed by atoms with van der Waals surface area (Å²) in [5.74, 6) is -0.219. The Morgan fingerprint density at radius 3 is 2.88 bits per heavy atom. The molecular formula is C18H17N5O2S. The molecular weight excluding hydrogens is 350 g/mol. The average molecular weight is 367 g/mol. The topological polar surface area (TPSA) is 80.1 Å². The van der Waals surface area contributed by atoms with Crippen molar-refractivity contribution in [3.63, 3.8) is 0 Å². The molecule has 2 amide bonds. The molecule has 132 valence electrons. The third-order valence-electron chi connectivity index (χ3n) is 4.30. The van der Waals surface area contributed by atoms with Crippen LogP contribution in [0, 0.1) is 0 Å². The van der Waals surface area contributed by atoms with Crippen LogP contribution in [0.1, 0.15) is 23.0 Å². The number of rotatable bonds is 3. The molecule has 0 fully saturated rings. The maximum atomic E-state index is 12.5. The number of thiazole rings is 1. The van der Waals surface area contributed by atoms with Crippen molar-refractivity contribution in [3.8, 4) is 10.6 Å². The number of carbonyl (C=O) groups excluding carboxylic acids is 2. The van der Waals surface area contributed by atoms with Crippen LogP contribution in [0.4, 0.5) is 11.4 Å². The number of nitrogens with one attached hydrogen (secondary N) is 1. The van der Waals surface area contributed by atoms with E-state index in [-0.39, 0.29) is 11.8 Å². The van der Waals surface area contributed by atoms with E-state index < -0.39 is 0 Å². The van der Waals surface area contributed by atoms with E-state index in [1.807, 2.05) is 31.4 Å². The minimum atomic E-state index is -0.252. The van der Waals surface area contributed by atoms with E-state index in [1.54, 1.807) is 28.1 Å². The summed E-state index contributed by atoms with van der Waals surface area (Å²) in [5.41, 5.74) is 3.95. The largest absolute Gasteiger partial charge is 0.321 e. The van der Waals surface area contributed by atoms with Gasteiger partial charge in [0.05, 0.1) is 6.20 Å². The fraction of sp³-hybridized carbons (Fsp3) is 0.222. The van der Waals surface area contributed by atoms with Gasteiger partial charge in [0.15, 0.2) is 0 Å². The van der Waals surface area contributed by atoms with Crippen molar-refractivity contribution in [1.29, 1.82) is 0 Å². The molecule has 7 nitrogen and oxygen atoms in total. The van der Waals surface area contributed by atoms with Gasteiger partial charge in [-0.3, -0.25) is 14.3 Å². The molecule has 1 aliphatic heterocycles. The molecule has 8 heteroatoms. The smallest absolute Gasteiger partial charge is 0.275 e. The number of nitrogens with zero attached hydrogens (tertiary/aromatic N) is 4. The summed E-state index contributed by atoms with van der Waals surface area (Å²) < 4.78 is 1.70. The Kier molecular flexibility index (Phi) is 4.04. The van der Waals surface area contributed by atoms with Crippen LogP contribution in [0.5, 0.6) is 0 Å². The SMILES string of the molecule is CC(=O)N1CCc2cc(NC(=O)c3csc(-c4cnn(C)c4)n3)ccc21. The first-order valence-corrected chi connectivity index (χ1v) is 9.06. The summed E-state index contributed by atoms with van der Waals surface area (Å²) in [6.45, 7) is 2.25. The summed E-state index contributed by atoms with van der Waals surface area (Å²) in [6.07, 6.45) is 4.38. The first-order valence-electron chi connectivity index (χ1n) is 8.18. The monoisotopic (exact) mass is 367 g/mol. The lowest BCUT2D eigenvalue weighted by Crippen LogP contribution is -2.25. The molecule has 26 heavy (non-hydrogen) atoms. The van der Waals surface area contributed by atoms with Crippen LogP contribution >= 0.6 is 11.3 Å². The summed E-state index contributed by atoms with van der Waals surface area (Å²) in [7, 11) is 1.84. The quantitative estimate of drug-likeness (QED) is 0.772. The van der Waals surface area contributed by atoms with E-state index in [4.69, 9.17) is 0 Å². The molecule has 0 saturated heterocycles. The third-order valence-corrected chi connectivity index (χ3v) is 5.19. The summed E-state index contributed by atoms with van der Waals surface area (Å²) in [5, 5.41) is 9.50. The van der Waals surface area contributed by atoms with Gasteiger partial charge in [0.1, 0.15) is 10.7 Å². The Hall–Kier alpha value is -3.00. The van der Waals surface area contributed by atoms with E-state index in [2.05, 4.69) is 15.4 Å². The van der Waals surface area contributed by atoms with Gasteiger partial charge in [0.2, 0.25) is 5.91 Å². The first kappa shape index (κ1) is 16.5. The fourth-order valence-corrected chi connectivity index (χ4v) is 3.82. The normalized spacial score (nSPS) is 12.9. The van der Waals surface area contributed by atoms with Gasteiger partial charge < -0.3 is 10.2 Å². The minimum Gasteiger partial charge on any atom is -0.321 e. The molecule has 0 radical (unpaired) electrons. The molecule has 0 bridgehead atoms. The lowest BCUT2D eigenvalue weighted by atomic mass is 10.1. The third kappa shape index (κ3) is 2.99. The molecule has 0 saturated carbocycles. The van der Waals surface area contributed by atoms with E-state index in [0.717, 1.165) is 28.2 Å². The summed E-state index contributed by atoms with van der Waals surface area (Å²) in [4.78, 5) is 30.3. The number of fused-ring (bicyclic) bond motifs is 1. The van der Waals surface area contributed by atoms with Gasteiger partial charge in [-0.15, -0.1) is 11.3 Å². The number of anilines is 2. The molecule has 0 aliphatic carbocycles. The molecule has 4 rings (SSSR count). The highest BCUT2D eigenvalue weighted by atomic mass is 32.1. The van der Waals surface area contributed by atoms with Crippen LogP contribution < -0.4 is 10.2 Å². The Bertz CT molecular complexity index is 1010. The molecule has 2 aromatic heterocycles. The number of aryl methyl sites for hydroxylation is 1. The predicted octanol–water partition coefficient (Wildman–Crippen LogP) is 2.70. The zero-order valence-corrected chi connectivity index (χ0v) is 15.2. The number of hydrogen-bond donors (Lipinski definition) is 1. The van der Waals surface area contributed by atoms with Crippen LogP contribution in [0.15, 0.2) is 36.0 Å². The molecule has 0 unspecified atom stereocenters. The predicted molar refractivity (Wildman–Crippen MR) is 100 cm³/mol. The Morgan fingerprint density at radius 1 is 1.31 bits per heavy atom. The molecule has 0 spiro atoms. The van der Waals surface area contributed by atoms with Crippen molar-refractivity contribution in [2.24, 2.45) is 7.05 Å². The van der Waals surface area contributed by atoms with Gasteiger partial charge in [-0.2, -0.15) is 5.10 Å². The Balaban J connectivity index is 1.51. The van der Waals surface area contributed by atoms with Gasteiger partial charge in [-0.1, -0.05) is 0 Å². The molecule has 3 aromatic rings. The zero-order chi connectivity index (χ0) is 18.3. The summed E-state index contributed by atoms with van der Waals surface area (Å²) in [6, 6.07) is 5.61. The van der Waals surface area contributed by atoms with E-state index >= 15 is 0 Å². The van der Waals surface area contributed by atoms with E-state index in [9.17, 15) is 9.59 Å². The molecule has 0 atom stereocenters. The molecule has 1 aliphatic rings. The van der Waals surface area contributed by atoms with Gasteiger partial charge in [-0.05, 0) is 30.2 Å². The van der Waals surface area contributed by atoms with Crippen molar-refractivity contribution in [1.82, 2.24) is 14.8 Å². The van der Waals surface area contributed by atoms with Crippen molar-refractivity contribution < 1.29 is 9.59 Å². The van der Waals surface area contributed by atoms with Crippen LogP contribution in [0.3, 0.4) is 0 Å². The van der Waals surface area contributed by atoms with Crippen molar-refractivity contribution in [3.05, 3.63) is 47.2 Å². The van der Waals surface area contributed by atoms with E-state index in [1.165, 1.54) is 11.3 Å². The number of carbonyl (C=O) groups is 2. The second-order valence-electron chi connectivity index (χ2n) is 6.16. The standard InChI is InChI=1S/C18H17N5O2S/c1-11(24)23-6-5-12-7-14(3-4-16(12)23)20-17(25)15-10-26-18(21-15)13-8-19-22(2)9-13/h3-4,7-10H,5-6H2,1-2H3,(H,20,25). The van der Waals surface area contributed by atoms with Gasteiger partial charge in [-0.25, -0.2) is 4.98 Å². The lowest BCUT2D eigenvalue weighted by molar-refractivity contribution is -0.116. The maximum Gasteiger partial charge on any atom is 0.275 e. The molecule has 1 N–H and O–H groups in total. The minimum absolute atomic E-state index is 0.0333. The maximum absolute atomic E-state index is 12.5. The van der Waals surface area contributed by atoms with Crippen LogP contribution in [0.25, 0.3) is 10.6 Å². The fourth-order valence-electron chi connectivity index (χ4n) is 3.04. The number of aromatic nitrogens is 3. The Morgan fingerprint density at radius 2 is 2.15 bits per heavy atom. The van der Waals surface area contributed by atoms with E-state index in [0.29, 0.717) is 17.9 Å². The van der Waals surface area contributed by atoms with Gasteiger partial charge in [0.25, 0.3) is 5.91 Å². The number of amides is 2. The zero-order valence-electron chi connectivity index (χ0n) is 14.4. The number of hydrogen-bond acceptors (Lipinski definition) is 5. The van der Waals surface area contributed by atoms with Crippen molar-refractivity contribution in [2.75, 3.05) is 16.8 Å². The number of benzene rings is 1. The van der Waals surface area contributed by atoms with Gasteiger partial charge in [0, 0.05) is 49.0 Å². The molecule has 3 heterocycles. The highest BCUT2D eigenvalue weighted by Gasteiger charge is 2.22. The van der Waals surface area contributed by atoms with Crippen molar-refractivity contribution >= 4 is 34.5 Å². The van der Waals surface area contributed by atoms with Crippen LogP contribution in [0.2, 0.25) is 0 Å². The second kappa shape index (κ2) is 6.38. The summed E-state index contributed by atoms with van der Waals surface area (Å²) >= 11 is 1.41.